The van der Waals surface area contributed by atoms with Crippen LogP contribution in [0, 0.1) is 0 Å². The summed E-state index contributed by atoms with van der Waals surface area (Å²) >= 11 is 5.99. The molecule has 1 fully saturated rings. The van der Waals surface area contributed by atoms with E-state index in [0.29, 0.717) is 27.6 Å². The van der Waals surface area contributed by atoms with Crippen molar-refractivity contribution in [2.24, 2.45) is 0 Å². The summed E-state index contributed by atoms with van der Waals surface area (Å²) in [5.41, 5.74) is 1.72. The Kier molecular flexibility index (Phi) is 7.17. The number of ether oxygens (including phenoxy) is 2. The molecule has 0 saturated carbocycles. The number of methoxy groups -OCH3 is 1. The lowest BCUT2D eigenvalue weighted by Crippen LogP contribution is -2.29. The summed E-state index contributed by atoms with van der Waals surface area (Å²) in [6, 6.07) is 14.2. The van der Waals surface area contributed by atoms with Gasteiger partial charge in [0.1, 0.15) is 12.4 Å². The average Bonchev–Trinajstić information content (AvgIpc) is 3.13. The first-order valence-electron chi connectivity index (χ1n) is 10.8. The highest BCUT2D eigenvalue weighted by atomic mass is 35.5. The topological polar surface area (TPSA) is 89.0 Å². The molecule has 2 aromatic carbocycles. The lowest BCUT2D eigenvalue weighted by atomic mass is 9.95. The standard InChI is InChI=1S/C27H23ClN2O5/c1-3-14-35-21-9-6-19(15-22(21)34-2)24-23(25(31)18-4-7-20(28)8-5-18)26(32)27(33)30(24)16-17-10-12-29-13-11-17/h3-13,15,24,31H,1,14,16H2,2H3. The van der Waals surface area contributed by atoms with Gasteiger partial charge in [0.05, 0.1) is 18.7 Å². The van der Waals surface area contributed by atoms with Crippen molar-refractivity contribution in [3.63, 3.8) is 0 Å². The molecule has 7 nitrogen and oxygen atoms in total. The predicted octanol–water partition coefficient (Wildman–Crippen LogP) is 4.93. The zero-order valence-electron chi connectivity index (χ0n) is 19.0. The first kappa shape index (κ1) is 24.0. The number of Topliss-reactive ketones (excluding diaryl/α,β-unsaturated/α-hetero) is 1. The van der Waals surface area contributed by atoms with Gasteiger partial charge in [-0.2, -0.15) is 0 Å². The number of aliphatic hydroxyl groups is 1. The fourth-order valence-corrected chi connectivity index (χ4v) is 4.09. The lowest BCUT2D eigenvalue weighted by molar-refractivity contribution is -0.140. The highest BCUT2D eigenvalue weighted by molar-refractivity contribution is 6.46. The number of rotatable bonds is 8. The van der Waals surface area contributed by atoms with Gasteiger partial charge < -0.3 is 19.5 Å². The minimum atomic E-state index is -0.860. The van der Waals surface area contributed by atoms with Crippen LogP contribution in [-0.4, -0.2) is 40.4 Å². The molecule has 1 saturated heterocycles. The van der Waals surface area contributed by atoms with E-state index in [9.17, 15) is 14.7 Å². The van der Waals surface area contributed by atoms with Crippen LogP contribution < -0.4 is 9.47 Å². The summed E-state index contributed by atoms with van der Waals surface area (Å²) in [5, 5.41) is 11.7. The zero-order chi connectivity index (χ0) is 24.9. The van der Waals surface area contributed by atoms with Crippen LogP contribution in [0.3, 0.4) is 0 Å². The van der Waals surface area contributed by atoms with Gasteiger partial charge in [0, 0.05) is 29.5 Å². The smallest absolute Gasteiger partial charge is 0.295 e. The Balaban J connectivity index is 1.86. The maximum Gasteiger partial charge on any atom is 0.295 e. The quantitative estimate of drug-likeness (QED) is 0.208. The van der Waals surface area contributed by atoms with Crippen molar-refractivity contribution in [1.82, 2.24) is 9.88 Å². The second-order valence-electron chi connectivity index (χ2n) is 7.80. The van der Waals surface area contributed by atoms with E-state index in [2.05, 4.69) is 11.6 Å². The number of ketones is 1. The van der Waals surface area contributed by atoms with Crippen molar-refractivity contribution in [3.8, 4) is 11.5 Å². The summed E-state index contributed by atoms with van der Waals surface area (Å²) in [6.45, 7) is 4.08. The van der Waals surface area contributed by atoms with E-state index in [1.807, 2.05) is 0 Å². The summed E-state index contributed by atoms with van der Waals surface area (Å²) in [4.78, 5) is 31.8. The van der Waals surface area contributed by atoms with Crippen LogP contribution in [0.1, 0.15) is 22.7 Å². The van der Waals surface area contributed by atoms with Gasteiger partial charge >= 0.3 is 0 Å². The molecule has 3 aromatic rings. The van der Waals surface area contributed by atoms with Crippen LogP contribution in [0.2, 0.25) is 5.02 Å². The number of amides is 1. The Bertz CT molecular complexity index is 1290. The van der Waals surface area contributed by atoms with E-state index in [-0.39, 0.29) is 24.5 Å². The van der Waals surface area contributed by atoms with E-state index in [1.165, 1.54) is 12.0 Å². The molecule has 2 heterocycles. The number of carbonyl (C=O) groups excluding carboxylic acids is 2. The number of aliphatic hydroxyl groups excluding tert-OH is 1. The number of pyridine rings is 1. The second-order valence-corrected chi connectivity index (χ2v) is 8.24. The summed E-state index contributed by atoms with van der Waals surface area (Å²) in [6.07, 6.45) is 4.84. The zero-order valence-corrected chi connectivity index (χ0v) is 19.7. The minimum Gasteiger partial charge on any atom is -0.507 e. The van der Waals surface area contributed by atoms with Gasteiger partial charge in [-0.15, -0.1) is 0 Å². The van der Waals surface area contributed by atoms with E-state index in [4.69, 9.17) is 21.1 Å². The van der Waals surface area contributed by atoms with Crippen LogP contribution in [0.15, 0.2) is 85.2 Å². The Labute approximate surface area is 207 Å². The third-order valence-electron chi connectivity index (χ3n) is 5.62. The Morgan fingerprint density at radius 3 is 2.49 bits per heavy atom. The number of hydrogen-bond acceptors (Lipinski definition) is 6. The number of halogens is 1. The van der Waals surface area contributed by atoms with Crippen LogP contribution in [0.25, 0.3) is 5.76 Å². The maximum atomic E-state index is 13.2. The lowest BCUT2D eigenvalue weighted by Gasteiger charge is -2.26. The van der Waals surface area contributed by atoms with Gasteiger partial charge in [-0.3, -0.25) is 14.6 Å². The van der Waals surface area contributed by atoms with Crippen LogP contribution in [0.5, 0.6) is 11.5 Å². The molecule has 0 aliphatic carbocycles. The molecule has 0 bridgehead atoms. The summed E-state index contributed by atoms with van der Waals surface area (Å²) in [5.74, 6) is -0.866. The van der Waals surface area contributed by atoms with E-state index >= 15 is 0 Å². The summed E-state index contributed by atoms with van der Waals surface area (Å²) in [7, 11) is 1.50. The van der Waals surface area contributed by atoms with Crippen molar-refractivity contribution < 1.29 is 24.2 Å². The van der Waals surface area contributed by atoms with E-state index in [0.717, 1.165) is 5.56 Å². The molecule has 1 atom stereocenters. The normalized spacial score (nSPS) is 16.9. The van der Waals surface area contributed by atoms with E-state index in [1.54, 1.807) is 73.1 Å². The molecule has 1 aliphatic heterocycles. The average molecular weight is 491 g/mol. The third-order valence-corrected chi connectivity index (χ3v) is 5.87. The third kappa shape index (κ3) is 4.90. The Morgan fingerprint density at radius 1 is 1.11 bits per heavy atom. The molecule has 1 N–H and O–H groups in total. The van der Waals surface area contributed by atoms with Gasteiger partial charge in [-0.25, -0.2) is 0 Å². The number of hydrogen-bond donors (Lipinski definition) is 1. The monoisotopic (exact) mass is 490 g/mol. The van der Waals surface area contributed by atoms with Crippen LogP contribution in [0.4, 0.5) is 0 Å². The second kappa shape index (κ2) is 10.4. The van der Waals surface area contributed by atoms with Crippen LogP contribution in [-0.2, 0) is 16.1 Å². The highest BCUT2D eigenvalue weighted by Crippen LogP contribution is 2.42. The highest BCUT2D eigenvalue weighted by Gasteiger charge is 2.46. The van der Waals surface area contributed by atoms with Crippen molar-refractivity contribution in [2.75, 3.05) is 13.7 Å². The number of benzene rings is 2. The molecular formula is C27H23ClN2O5. The van der Waals surface area contributed by atoms with E-state index < -0.39 is 17.7 Å². The fraction of sp³-hybridized carbons (Fsp3) is 0.148. The SMILES string of the molecule is C=CCOc1ccc(C2C(=C(O)c3ccc(Cl)cc3)C(=O)C(=O)N2Cc2ccncc2)cc1OC. The van der Waals surface area contributed by atoms with Crippen molar-refractivity contribution in [1.29, 1.82) is 0 Å². The molecule has 1 unspecified atom stereocenters. The molecule has 4 rings (SSSR count). The number of nitrogens with zero attached hydrogens (tertiary/aromatic N) is 2. The Morgan fingerprint density at radius 2 is 1.83 bits per heavy atom. The fourth-order valence-electron chi connectivity index (χ4n) is 3.96. The molecule has 8 heteroatoms. The van der Waals surface area contributed by atoms with Gasteiger partial charge in [0.2, 0.25) is 0 Å². The largest absolute Gasteiger partial charge is 0.507 e. The molecule has 1 aromatic heterocycles. The summed E-state index contributed by atoms with van der Waals surface area (Å²) < 4.78 is 11.1. The number of carbonyl (C=O) groups is 2. The molecule has 0 radical (unpaired) electrons. The maximum absolute atomic E-state index is 13.2. The molecule has 1 aliphatic rings. The van der Waals surface area contributed by atoms with Crippen molar-refractivity contribution in [3.05, 3.63) is 107 Å². The molecule has 1 amide bonds. The Hall–Kier alpha value is -4.10. The predicted molar refractivity (Wildman–Crippen MR) is 132 cm³/mol. The molecule has 0 spiro atoms. The molecular weight excluding hydrogens is 468 g/mol. The van der Waals surface area contributed by atoms with Gasteiger partial charge in [0.25, 0.3) is 11.7 Å². The first-order chi connectivity index (χ1) is 16.9. The van der Waals surface area contributed by atoms with Gasteiger partial charge in [0.15, 0.2) is 11.5 Å². The van der Waals surface area contributed by atoms with Crippen LogP contribution >= 0.6 is 11.6 Å². The number of likely N-dealkylation sites (tertiary alicyclic amines) is 1. The first-order valence-corrected chi connectivity index (χ1v) is 11.2. The molecule has 178 valence electrons. The molecule has 35 heavy (non-hydrogen) atoms. The van der Waals surface area contributed by atoms with Gasteiger partial charge in [-0.05, 0) is 59.7 Å². The minimum absolute atomic E-state index is 0.0202. The van der Waals surface area contributed by atoms with Crippen molar-refractivity contribution >= 4 is 29.1 Å². The number of aromatic nitrogens is 1. The van der Waals surface area contributed by atoms with Gasteiger partial charge in [-0.1, -0.05) is 30.3 Å². The van der Waals surface area contributed by atoms with Crippen molar-refractivity contribution in [2.45, 2.75) is 12.6 Å².